The molecule has 7 heteroatoms. The number of hydrogen-bond donors (Lipinski definition) is 1. The summed E-state index contributed by atoms with van der Waals surface area (Å²) in [7, 11) is 0. The molecule has 0 bridgehead atoms. The molecule has 0 aliphatic heterocycles. The molecule has 3 rings (SSSR count). The fourth-order valence-corrected chi connectivity index (χ4v) is 2.82. The third-order valence-electron chi connectivity index (χ3n) is 4.18. The molecule has 0 unspecified atom stereocenters. The first-order chi connectivity index (χ1) is 13.3. The number of aromatic nitrogens is 3. The average Bonchev–Trinajstić information content (AvgIpc) is 3.01. The molecule has 0 atom stereocenters. The van der Waals surface area contributed by atoms with Crippen LogP contribution < -0.4 is 5.32 Å². The van der Waals surface area contributed by atoms with Crippen molar-refractivity contribution in [2.75, 3.05) is 11.9 Å². The molecule has 144 valence electrons. The van der Waals surface area contributed by atoms with Crippen molar-refractivity contribution >= 4 is 17.6 Å². The van der Waals surface area contributed by atoms with E-state index < -0.39 is 18.5 Å². The fourth-order valence-electron chi connectivity index (χ4n) is 2.82. The number of anilines is 1. The van der Waals surface area contributed by atoms with Crippen LogP contribution in [0.1, 0.15) is 32.9 Å². The Balaban J connectivity index is 1.66. The van der Waals surface area contributed by atoms with Gasteiger partial charge in [0.1, 0.15) is 0 Å². The fraction of sp³-hybridized carbons (Fsp3) is 0.238. The zero-order chi connectivity index (χ0) is 20.3. The van der Waals surface area contributed by atoms with Crippen molar-refractivity contribution in [3.05, 3.63) is 70.5 Å². The molecule has 0 aliphatic rings. The maximum Gasteiger partial charge on any atom is 0.361 e. The van der Waals surface area contributed by atoms with Gasteiger partial charge in [0.15, 0.2) is 12.3 Å². The Morgan fingerprint density at radius 3 is 2.46 bits per heavy atom. The van der Waals surface area contributed by atoms with E-state index >= 15 is 0 Å². The topological polar surface area (TPSA) is 86.1 Å². The number of nitrogens with one attached hydrogen (secondary N) is 1. The molecule has 2 aromatic carbocycles. The SMILES string of the molecule is Cc1cccc(NC(=O)COC(=O)c2nn(-c3ccc(C)cc3C)nc2C)c1. The number of benzene rings is 2. The number of nitrogens with zero attached hydrogens (tertiary/aromatic N) is 3. The summed E-state index contributed by atoms with van der Waals surface area (Å²) in [6.07, 6.45) is 0. The van der Waals surface area contributed by atoms with Gasteiger partial charge in [-0.3, -0.25) is 4.79 Å². The molecule has 0 saturated heterocycles. The van der Waals surface area contributed by atoms with Crippen molar-refractivity contribution in [2.45, 2.75) is 27.7 Å². The molecule has 7 nitrogen and oxygen atoms in total. The highest BCUT2D eigenvalue weighted by molar-refractivity contribution is 5.95. The Kier molecular flexibility index (Phi) is 5.54. The second-order valence-electron chi connectivity index (χ2n) is 6.71. The van der Waals surface area contributed by atoms with Crippen LogP contribution in [-0.2, 0) is 9.53 Å². The van der Waals surface area contributed by atoms with Gasteiger partial charge in [-0.05, 0) is 57.0 Å². The van der Waals surface area contributed by atoms with Gasteiger partial charge in [0.25, 0.3) is 5.91 Å². The number of carbonyl (C=O) groups is 2. The lowest BCUT2D eigenvalue weighted by Gasteiger charge is -2.06. The summed E-state index contributed by atoms with van der Waals surface area (Å²) in [5.74, 6) is -1.11. The van der Waals surface area contributed by atoms with Crippen LogP contribution in [0.15, 0.2) is 42.5 Å². The number of carbonyl (C=O) groups excluding carboxylic acids is 2. The van der Waals surface area contributed by atoms with Gasteiger partial charge in [-0.25, -0.2) is 4.79 Å². The molecular formula is C21H22N4O3. The predicted molar refractivity (Wildman–Crippen MR) is 106 cm³/mol. The van der Waals surface area contributed by atoms with Gasteiger partial charge in [-0.1, -0.05) is 29.8 Å². The lowest BCUT2D eigenvalue weighted by molar-refractivity contribution is -0.119. The van der Waals surface area contributed by atoms with Gasteiger partial charge in [-0.2, -0.15) is 9.90 Å². The maximum absolute atomic E-state index is 12.3. The van der Waals surface area contributed by atoms with Gasteiger partial charge in [0, 0.05) is 5.69 Å². The molecule has 1 N–H and O–H groups in total. The molecule has 0 aliphatic carbocycles. The second-order valence-corrected chi connectivity index (χ2v) is 6.71. The number of aryl methyl sites for hydroxylation is 4. The number of hydrogen-bond acceptors (Lipinski definition) is 5. The Morgan fingerprint density at radius 2 is 1.75 bits per heavy atom. The summed E-state index contributed by atoms with van der Waals surface area (Å²) in [5, 5.41) is 11.2. The predicted octanol–water partition coefficient (Wildman–Crippen LogP) is 3.30. The van der Waals surface area contributed by atoms with Crippen LogP contribution in [0, 0.1) is 27.7 Å². The Labute approximate surface area is 163 Å². The summed E-state index contributed by atoms with van der Waals surface area (Å²) < 4.78 is 5.10. The van der Waals surface area contributed by atoms with E-state index in [4.69, 9.17) is 4.74 Å². The Hall–Kier alpha value is -3.48. The van der Waals surface area contributed by atoms with E-state index in [2.05, 4.69) is 15.5 Å². The van der Waals surface area contributed by atoms with Crippen molar-refractivity contribution in [1.29, 1.82) is 0 Å². The molecule has 0 saturated carbocycles. The molecule has 0 fully saturated rings. The number of esters is 1. The first kappa shape index (κ1) is 19.3. The molecule has 1 aromatic heterocycles. The molecule has 3 aromatic rings. The Bertz CT molecular complexity index is 1040. The molecular weight excluding hydrogens is 356 g/mol. The van der Waals surface area contributed by atoms with E-state index in [1.807, 2.05) is 57.2 Å². The Morgan fingerprint density at radius 1 is 1.00 bits per heavy atom. The molecule has 1 heterocycles. The highest BCUT2D eigenvalue weighted by Gasteiger charge is 2.19. The van der Waals surface area contributed by atoms with Crippen molar-refractivity contribution < 1.29 is 14.3 Å². The normalized spacial score (nSPS) is 10.6. The number of rotatable bonds is 5. The van der Waals surface area contributed by atoms with Crippen LogP contribution in [0.4, 0.5) is 5.69 Å². The minimum absolute atomic E-state index is 0.0864. The zero-order valence-electron chi connectivity index (χ0n) is 16.3. The first-order valence-electron chi connectivity index (χ1n) is 8.88. The van der Waals surface area contributed by atoms with Gasteiger partial charge in [0.05, 0.1) is 11.4 Å². The van der Waals surface area contributed by atoms with Crippen molar-refractivity contribution in [3.8, 4) is 5.69 Å². The van der Waals surface area contributed by atoms with Crippen molar-refractivity contribution in [3.63, 3.8) is 0 Å². The van der Waals surface area contributed by atoms with E-state index in [-0.39, 0.29) is 5.69 Å². The van der Waals surface area contributed by atoms with Crippen LogP contribution in [0.5, 0.6) is 0 Å². The minimum atomic E-state index is -0.687. The standard InChI is InChI=1S/C21H22N4O3/c1-13-6-5-7-17(11-13)22-19(26)12-28-21(27)20-16(4)23-25(24-20)18-9-8-14(2)10-15(18)3/h5-11H,12H2,1-4H3,(H,22,26). The lowest BCUT2D eigenvalue weighted by Crippen LogP contribution is -2.21. The molecule has 28 heavy (non-hydrogen) atoms. The van der Waals surface area contributed by atoms with Crippen molar-refractivity contribution in [1.82, 2.24) is 15.0 Å². The largest absolute Gasteiger partial charge is 0.451 e. The second kappa shape index (κ2) is 8.04. The highest BCUT2D eigenvalue weighted by Crippen LogP contribution is 2.16. The van der Waals surface area contributed by atoms with E-state index in [0.717, 1.165) is 22.4 Å². The maximum atomic E-state index is 12.3. The van der Waals surface area contributed by atoms with Gasteiger partial charge < -0.3 is 10.1 Å². The first-order valence-corrected chi connectivity index (χ1v) is 8.88. The smallest absolute Gasteiger partial charge is 0.361 e. The van der Waals surface area contributed by atoms with Crippen molar-refractivity contribution in [2.24, 2.45) is 0 Å². The van der Waals surface area contributed by atoms with E-state index in [1.54, 1.807) is 13.0 Å². The third-order valence-corrected chi connectivity index (χ3v) is 4.18. The summed E-state index contributed by atoms with van der Waals surface area (Å²) in [5.41, 5.74) is 5.10. The van der Waals surface area contributed by atoms with Crippen LogP contribution >= 0.6 is 0 Å². The minimum Gasteiger partial charge on any atom is -0.451 e. The van der Waals surface area contributed by atoms with E-state index in [9.17, 15) is 9.59 Å². The summed E-state index contributed by atoms with van der Waals surface area (Å²) in [4.78, 5) is 25.8. The van der Waals surface area contributed by atoms with Crippen LogP contribution in [-0.4, -0.2) is 33.5 Å². The van der Waals surface area contributed by atoms with Crippen LogP contribution in [0.2, 0.25) is 0 Å². The lowest BCUT2D eigenvalue weighted by atomic mass is 10.1. The van der Waals surface area contributed by atoms with Gasteiger partial charge in [0.2, 0.25) is 0 Å². The van der Waals surface area contributed by atoms with Gasteiger partial charge in [-0.15, -0.1) is 5.10 Å². The summed E-state index contributed by atoms with van der Waals surface area (Å²) in [6, 6.07) is 13.2. The van der Waals surface area contributed by atoms with Crippen LogP contribution in [0.25, 0.3) is 5.69 Å². The highest BCUT2D eigenvalue weighted by atomic mass is 16.5. The molecule has 1 amide bonds. The summed E-state index contributed by atoms with van der Waals surface area (Å²) >= 11 is 0. The molecule has 0 radical (unpaired) electrons. The summed E-state index contributed by atoms with van der Waals surface area (Å²) in [6.45, 7) is 7.16. The van der Waals surface area contributed by atoms with E-state index in [1.165, 1.54) is 4.80 Å². The number of amides is 1. The van der Waals surface area contributed by atoms with Crippen LogP contribution in [0.3, 0.4) is 0 Å². The van der Waals surface area contributed by atoms with Gasteiger partial charge >= 0.3 is 5.97 Å². The quantitative estimate of drug-likeness (QED) is 0.689. The number of ether oxygens (including phenoxy) is 1. The monoisotopic (exact) mass is 378 g/mol. The van der Waals surface area contributed by atoms with E-state index in [0.29, 0.717) is 11.4 Å². The zero-order valence-corrected chi connectivity index (χ0v) is 16.3. The average molecular weight is 378 g/mol. The molecule has 0 spiro atoms. The third kappa shape index (κ3) is 4.43.